The van der Waals surface area contributed by atoms with Crippen LogP contribution in [0.15, 0.2) is 0 Å². The lowest BCUT2D eigenvalue weighted by atomic mass is 9.89. The Labute approximate surface area is 111 Å². The van der Waals surface area contributed by atoms with E-state index in [1.807, 2.05) is 25.6 Å². The van der Waals surface area contributed by atoms with Gasteiger partial charge < -0.3 is 5.32 Å². The second-order valence-corrected chi connectivity index (χ2v) is 6.91. The molecule has 1 N–H and O–H groups in total. The fourth-order valence-corrected chi connectivity index (χ4v) is 3.19. The van der Waals surface area contributed by atoms with E-state index in [1.54, 1.807) is 0 Å². The third kappa shape index (κ3) is 5.79. The number of hydrogen-bond donors (Lipinski definition) is 1. The second-order valence-electron chi connectivity index (χ2n) is 5.77. The van der Waals surface area contributed by atoms with E-state index < -0.39 is 0 Å². The number of hydrogen-bond acceptors (Lipinski definition) is 3. The molecule has 2 atom stereocenters. The summed E-state index contributed by atoms with van der Waals surface area (Å²) in [6.45, 7) is 5.17. The molecule has 0 spiro atoms. The van der Waals surface area contributed by atoms with E-state index in [2.05, 4.69) is 17.6 Å². The zero-order valence-electron chi connectivity index (χ0n) is 11.5. The predicted octanol–water partition coefficient (Wildman–Crippen LogP) is 3.58. The average Bonchev–Trinajstić information content (AvgIpc) is 2.76. The van der Waals surface area contributed by atoms with Crippen LogP contribution in [0.4, 0.5) is 0 Å². The van der Waals surface area contributed by atoms with Crippen molar-refractivity contribution in [2.24, 2.45) is 5.41 Å². The number of unbranched alkanes of at least 4 members (excludes halogenated alkanes) is 1. The van der Waals surface area contributed by atoms with E-state index in [-0.39, 0.29) is 5.41 Å². The maximum atomic E-state index is 8.91. The minimum atomic E-state index is -0.142. The quantitative estimate of drug-likeness (QED) is 0.705. The SMILES string of the molecule is CSC1CCC(NCCCCC(C)(C)C#N)C1. The summed E-state index contributed by atoms with van der Waals surface area (Å²) in [6.07, 6.45) is 9.65. The van der Waals surface area contributed by atoms with Crippen molar-refractivity contribution in [3.63, 3.8) is 0 Å². The predicted molar refractivity (Wildman–Crippen MR) is 76.2 cm³/mol. The summed E-state index contributed by atoms with van der Waals surface area (Å²) in [6, 6.07) is 3.11. The van der Waals surface area contributed by atoms with Crippen LogP contribution in [0.1, 0.15) is 52.4 Å². The maximum Gasteiger partial charge on any atom is 0.0683 e. The Morgan fingerprint density at radius 3 is 2.71 bits per heavy atom. The third-order valence-corrected chi connectivity index (χ3v) is 4.78. The van der Waals surface area contributed by atoms with E-state index in [1.165, 1.54) is 25.7 Å². The van der Waals surface area contributed by atoms with Gasteiger partial charge in [0.05, 0.1) is 11.5 Å². The van der Waals surface area contributed by atoms with Crippen LogP contribution in [-0.2, 0) is 0 Å². The first-order chi connectivity index (χ1) is 8.07. The van der Waals surface area contributed by atoms with Gasteiger partial charge >= 0.3 is 0 Å². The van der Waals surface area contributed by atoms with Crippen molar-refractivity contribution in [2.75, 3.05) is 12.8 Å². The van der Waals surface area contributed by atoms with Gasteiger partial charge in [-0.05, 0) is 58.8 Å². The zero-order chi connectivity index (χ0) is 12.7. The highest BCUT2D eigenvalue weighted by molar-refractivity contribution is 7.99. The van der Waals surface area contributed by atoms with E-state index in [0.717, 1.165) is 30.7 Å². The van der Waals surface area contributed by atoms with Crippen molar-refractivity contribution in [1.82, 2.24) is 5.32 Å². The molecule has 0 bridgehead atoms. The first-order valence-electron chi connectivity index (χ1n) is 6.75. The van der Waals surface area contributed by atoms with Gasteiger partial charge in [-0.1, -0.05) is 6.42 Å². The molecule has 98 valence electrons. The first-order valence-corrected chi connectivity index (χ1v) is 8.03. The van der Waals surface area contributed by atoms with Gasteiger partial charge in [0.1, 0.15) is 0 Å². The summed E-state index contributed by atoms with van der Waals surface area (Å²) in [5.74, 6) is 0. The van der Waals surface area contributed by atoms with Crippen molar-refractivity contribution in [3.05, 3.63) is 0 Å². The highest BCUT2D eigenvalue weighted by Gasteiger charge is 2.23. The molecule has 0 aromatic carbocycles. The minimum Gasteiger partial charge on any atom is -0.314 e. The summed E-state index contributed by atoms with van der Waals surface area (Å²) in [5, 5.41) is 13.4. The summed E-state index contributed by atoms with van der Waals surface area (Å²) in [4.78, 5) is 0. The number of rotatable bonds is 7. The van der Waals surface area contributed by atoms with Crippen molar-refractivity contribution < 1.29 is 0 Å². The zero-order valence-corrected chi connectivity index (χ0v) is 12.3. The second kappa shape index (κ2) is 7.28. The van der Waals surface area contributed by atoms with Gasteiger partial charge in [0.25, 0.3) is 0 Å². The summed E-state index contributed by atoms with van der Waals surface area (Å²) in [7, 11) is 0. The molecule has 0 amide bonds. The lowest BCUT2D eigenvalue weighted by Gasteiger charge is -2.16. The number of nitrogens with one attached hydrogen (secondary N) is 1. The van der Waals surface area contributed by atoms with Gasteiger partial charge in [-0.25, -0.2) is 0 Å². The maximum absolute atomic E-state index is 8.91. The summed E-state index contributed by atoms with van der Waals surface area (Å²) < 4.78 is 0. The van der Waals surface area contributed by atoms with Gasteiger partial charge in [-0.3, -0.25) is 0 Å². The molecule has 2 nitrogen and oxygen atoms in total. The van der Waals surface area contributed by atoms with Crippen molar-refractivity contribution in [1.29, 1.82) is 5.26 Å². The molecule has 3 heteroatoms. The molecule has 0 radical (unpaired) electrons. The van der Waals surface area contributed by atoms with Crippen molar-refractivity contribution >= 4 is 11.8 Å². The van der Waals surface area contributed by atoms with Gasteiger partial charge in [0.2, 0.25) is 0 Å². The topological polar surface area (TPSA) is 35.8 Å². The lowest BCUT2D eigenvalue weighted by Crippen LogP contribution is -2.27. The smallest absolute Gasteiger partial charge is 0.0683 e. The molecule has 0 saturated heterocycles. The molecule has 0 aromatic heterocycles. The highest BCUT2D eigenvalue weighted by atomic mass is 32.2. The standard InChI is InChI=1S/C14H26N2S/c1-14(2,11-15)8-4-5-9-16-12-6-7-13(10-12)17-3/h12-13,16H,4-10H2,1-3H3. The van der Waals surface area contributed by atoms with Crippen LogP contribution >= 0.6 is 11.8 Å². The van der Waals surface area contributed by atoms with E-state index in [4.69, 9.17) is 5.26 Å². The van der Waals surface area contributed by atoms with Crippen LogP contribution in [0.5, 0.6) is 0 Å². The number of nitrogens with zero attached hydrogens (tertiary/aromatic N) is 1. The lowest BCUT2D eigenvalue weighted by molar-refractivity contribution is 0.414. The molecule has 2 unspecified atom stereocenters. The Kier molecular flexibility index (Phi) is 6.37. The number of thioether (sulfide) groups is 1. The molecular weight excluding hydrogens is 228 g/mol. The van der Waals surface area contributed by atoms with Crippen LogP contribution in [0.3, 0.4) is 0 Å². The minimum absolute atomic E-state index is 0.142. The van der Waals surface area contributed by atoms with Crippen LogP contribution < -0.4 is 5.32 Å². The monoisotopic (exact) mass is 254 g/mol. The molecule has 0 aromatic rings. The van der Waals surface area contributed by atoms with Gasteiger partial charge in [0.15, 0.2) is 0 Å². The Morgan fingerprint density at radius 2 is 2.12 bits per heavy atom. The van der Waals surface area contributed by atoms with E-state index in [9.17, 15) is 0 Å². The van der Waals surface area contributed by atoms with Crippen LogP contribution in [-0.4, -0.2) is 24.1 Å². The molecule has 1 rings (SSSR count). The molecular formula is C14H26N2S. The average molecular weight is 254 g/mol. The first kappa shape index (κ1) is 14.9. The molecule has 1 aliphatic carbocycles. The Hall–Kier alpha value is -0.200. The van der Waals surface area contributed by atoms with Gasteiger partial charge in [0, 0.05) is 11.3 Å². The largest absolute Gasteiger partial charge is 0.314 e. The van der Waals surface area contributed by atoms with Crippen molar-refractivity contribution in [2.45, 2.75) is 63.7 Å². The fourth-order valence-electron chi connectivity index (χ4n) is 2.39. The third-order valence-electron chi connectivity index (χ3n) is 3.68. The van der Waals surface area contributed by atoms with Gasteiger partial charge in [-0.15, -0.1) is 0 Å². The molecule has 17 heavy (non-hydrogen) atoms. The summed E-state index contributed by atoms with van der Waals surface area (Å²) in [5.41, 5.74) is -0.142. The summed E-state index contributed by atoms with van der Waals surface area (Å²) >= 11 is 2.01. The molecule has 0 heterocycles. The van der Waals surface area contributed by atoms with E-state index >= 15 is 0 Å². The van der Waals surface area contributed by atoms with Gasteiger partial charge in [-0.2, -0.15) is 17.0 Å². The molecule has 1 saturated carbocycles. The molecule has 0 aliphatic heterocycles. The van der Waals surface area contributed by atoms with Crippen LogP contribution in [0.25, 0.3) is 0 Å². The van der Waals surface area contributed by atoms with Crippen LogP contribution in [0, 0.1) is 16.7 Å². The molecule has 1 fully saturated rings. The van der Waals surface area contributed by atoms with Crippen LogP contribution in [0.2, 0.25) is 0 Å². The highest BCUT2D eigenvalue weighted by Crippen LogP contribution is 2.28. The normalized spacial score (nSPS) is 24.8. The Bertz CT molecular complexity index is 257. The Morgan fingerprint density at radius 1 is 1.35 bits per heavy atom. The van der Waals surface area contributed by atoms with E-state index in [0.29, 0.717) is 0 Å². The molecule has 1 aliphatic rings. The number of nitriles is 1. The van der Waals surface area contributed by atoms with Crippen molar-refractivity contribution in [3.8, 4) is 6.07 Å². The fraction of sp³-hybridized carbons (Fsp3) is 0.929. The Balaban J connectivity index is 2.00.